The first kappa shape index (κ1) is 15.8. The molecule has 0 amide bonds. The number of amidine groups is 1. The maximum atomic E-state index is 11.5. The summed E-state index contributed by atoms with van der Waals surface area (Å²) in [7, 11) is 1.37. The summed E-state index contributed by atoms with van der Waals surface area (Å²) in [5, 5.41) is 22.9. The molecule has 0 aromatic heterocycles. The van der Waals surface area contributed by atoms with E-state index in [4.69, 9.17) is 16.3 Å². The number of nitro benzene ring substituents is 1. The largest absolute Gasteiger partial charge is 0.478 e. The minimum Gasteiger partial charge on any atom is -0.478 e. The number of carbonyl (C=O) groups is 1. The molecule has 0 saturated carbocycles. The number of methoxy groups -OCH3 is 1. The van der Waals surface area contributed by atoms with Crippen LogP contribution in [0.2, 0.25) is 5.02 Å². The second kappa shape index (κ2) is 6.02. The van der Waals surface area contributed by atoms with Crippen molar-refractivity contribution in [3.05, 3.63) is 50.2 Å². The van der Waals surface area contributed by atoms with Crippen molar-refractivity contribution in [2.24, 2.45) is 4.99 Å². The molecule has 0 aliphatic carbocycles. The zero-order valence-corrected chi connectivity index (χ0v) is 12.4. The molecule has 0 spiro atoms. The van der Waals surface area contributed by atoms with Crippen LogP contribution in [-0.4, -0.2) is 29.1 Å². The van der Waals surface area contributed by atoms with Gasteiger partial charge in [-0.15, -0.1) is 0 Å². The number of halogens is 1. The number of hydrogen-bond donors (Lipinski definition) is 2. The number of allylic oxidation sites excluding steroid dienone is 1. The van der Waals surface area contributed by atoms with Gasteiger partial charge in [0.15, 0.2) is 0 Å². The van der Waals surface area contributed by atoms with E-state index in [9.17, 15) is 20.0 Å². The molecule has 1 aliphatic rings. The second-order valence-electron chi connectivity index (χ2n) is 4.45. The van der Waals surface area contributed by atoms with Crippen LogP contribution in [0, 0.1) is 10.1 Å². The standard InChI is InChI=1S/C13H12ClN3O5/c1-6-9(12(18)19)11(16-13(15-6)22-2)7-4-3-5-8(10(7)14)17(20)21/h3-5,11H,1-2H3,(H,15,16)(H,18,19). The first-order valence-electron chi connectivity index (χ1n) is 6.12. The number of rotatable bonds is 3. The zero-order valence-electron chi connectivity index (χ0n) is 11.7. The Hall–Kier alpha value is -2.61. The number of hydrogen-bond acceptors (Lipinski definition) is 6. The summed E-state index contributed by atoms with van der Waals surface area (Å²) >= 11 is 6.06. The van der Waals surface area contributed by atoms with Crippen molar-refractivity contribution < 1.29 is 19.6 Å². The molecule has 1 aromatic carbocycles. The van der Waals surface area contributed by atoms with Crippen LogP contribution >= 0.6 is 11.6 Å². The van der Waals surface area contributed by atoms with Gasteiger partial charge in [-0.1, -0.05) is 23.7 Å². The lowest BCUT2D eigenvalue weighted by Crippen LogP contribution is -2.32. The third-order valence-corrected chi connectivity index (χ3v) is 3.55. The van der Waals surface area contributed by atoms with E-state index in [-0.39, 0.29) is 27.9 Å². The van der Waals surface area contributed by atoms with E-state index in [1.807, 2.05) is 0 Å². The highest BCUT2D eigenvalue weighted by Crippen LogP contribution is 2.38. The average molecular weight is 326 g/mol. The fraction of sp³-hybridized carbons (Fsp3) is 0.231. The van der Waals surface area contributed by atoms with Crippen LogP contribution < -0.4 is 5.32 Å². The summed E-state index contributed by atoms with van der Waals surface area (Å²) in [5.41, 5.74) is 0.188. The summed E-state index contributed by atoms with van der Waals surface area (Å²) in [6.07, 6.45) is 0. The molecule has 22 heavy (non-hydrogen) atoms. The summed E-state index contributed by atoms with van der Waals surface area (Å²) in [4.78, 5) is 26.0. The van der Waals surface area contributed by atoms with Gasteiger partial charge >= 0.3 is 5.97 Å². The van der Waals surface area contributed by atoms with Crippen LogP contribution in [0.15, 0.2) is 34.5 Å². The molecule has 1 unspecified atom stereocenters. The van der Waals surface area contributed by atoms with E-state index in [1.54, 1.807) is 6.92 Å². The van der Waals surface area contributed by atoms with Gasteiger partial charge in [0.1, 0.15) is 11.1 Å². The fourth-order valence-electron chi connectivity index (χ4n) is 2.14. The predicted octanol–water partition coefficient (Wildman–Crippen LogP) is 2.25. The lowest BCUT2D eigenvalue weighted by Gasteiger charge is -2.24. The van der Waals surface area contributed by atoms with E-state index < -0.39 is 16.9 Å². The molecule has 1 atom stereocenters. The van der Waals surface area contributed by atoms with Crippen molar-refractivity contribution in [2.45, 2.75) is 13.0 Å². The van der Waals surface area contributed by atoms with Gasteiger partial charge in [0.2, 0.25) is 0 Å². The van der Waals surface area contributed by atoms with Crippen molar-refractivity contribution >= 4 is 29.3 Å². The van der Waals surface area contributed by atoms with Gasteiger partial charge < -0.3 is 15.2 Å². The van der Waals surface area contributed by atoms with E-state index in [1.165, 1.54) is 25.3 Å². The number of carboxylic acid groups (broad SMARTS) is 1. The number of benzene rings is 1. The minimum atomic E-state index is -1.20. The van der Waals surface area contributed by atoms with Crippen molar-refractivity contribution in [1.29, 1.82) is 0 Å². The first-order valence-corrected chi connectivity index (χ1v) is 6.50. The van der Waals surface area contributed by atoms with Crippen LogP contribution in [-0.2, 0) is 9.53 Å². The lowest BCUT2D eigenvalue weighted by molar-refractivity contribution is -0.384. The molecule has 9 heteroatoms. The Bertz CT molecular complexity index is 714. The Labute approximate surface area is 130 Å². The predicted molar refractivity (Wildman–Crippen MR) is 78.8 cm³/mol. The van der Waals surface area contributed by atoms with Crippen LogP contribution in [0.1, 0.15) is 18.5 Å². The van der Waals surface area contributed by atoms with Gasteiger partial charge in [0.25, 0.3) is 11.7 Å². The van der Waals surface area contributed by atoms with Gasteiger partial charge in [0, 0.05) is 17.3 Å². The average Bonchev–Trinajstić information content (AvgIpc) is 2.45. The molecule has 0 saturated heterocycles. The minimum absolute atomic E-state index is 0.0526. The van der Waals surface area contributed by atoms with Crippen molar-refractivity contribution in [2.75, 3.05) is 7.11 Å². The Morgan fingerprint density at radius 3 is 2.77 bits per heavy atom. The number of nitrogens with one attached hydrogen (secondary N) is 1. The first-order chi connectivity index (χ1) is 10.4. The Morgan fingerprint density at radius 2 is 2.23 bits per heavy atom. The Kier molecular flexibility index (Phi) is 4.32. The summed E-state index contributed by atoms with van der Waals surface area (Å²) in [6, 6.07) is 3.28. The molecule has 1 aromatic rings. The van der Waals surface area contributed by atoms with Crippen LogP contribution in [0.3, 0.4) is 0 Å². The summed E-state index contributed by atoms with van der Waals surface area (Å²) in [6.45, 7) is 1.55. The molecule has 8 nitrogen and oxygen atoms in total. The number of ether oxygens (including phenoxy) is 1. The maximum Gasteiger partial charge on any atom is 0.335 e. The molecule has 0 bridgehead atoms. The van der Waals surface area contributed by atoms with Gasteiger partial charge in [-0.05, 0) is 6.92 Å². The highest BCUT2D eigenvalue weighted by atomic mass is 35.5. The second-order valence-corrected chi connectivity index (χ2v) is 4.83. The normalized spacial score (nSPS) is 17.6. The molecule has 116 valence electrons. The third-order valence-electron chi connectivity index (χ3n) is 3.14. The highest BCUT2D eigenvalue weighted by Gasteiger charge is 2.32. The third kappa shape index (κ3) is 2.73. The van der Waals surface area contributed by atoms with E-state index >= 15 is 0 Å². The quantitative estimate of drug-likeness (QED) is 0.650. The molecule has 2 N–H and O–H groups in total. The van der Waals surface area contributed by atoms with E-state index in [0.717, 1.165) is 0 Å². The van der Waals surface area contributed by atoms with E-state index in [2.05, 4.69) is 10.3 Å². The maximum absolute atomic E-state index is 11.5. The topological polar surface area (TPSA) is 114 Å². The SMILES string of the molecule is COC1=NC(c2cccc([N+](=O)[O-])c2Cl)C(C(=O)O)=C(C)N1. The van der Waals surface area contributed by atoms with Gasteiger partial charge in [-0.2, -0.15) is 0 Å². The van der Waals surface area contributed by atoms with Gasteiger partial charge in [-0.3, -0.25) is 10.1 Å². The van der Waals surface area contributed by atoms with E-state index in [0.29, 0.717) is 5.70 Å². The highest BCUT2D eigenvalue weighted by molar-refractivity contribution is 6.33. The fourth-order valence-corrected chi connectivity index (χ4v) is 2.44. The smallest absolute Gasteiger partial charge is 0.335 e. The molecule has 1 aliphatic heterocycles. The Morgan fingerprint density at radius 1 is 1.55 bits per heavy atom. The molecule has 1 heterocycles. The number of carboxylic acids is 1. The van der Waals surface area contributed by atoms with Crippen molar-refractivity contribution in [3.8, 4) is 0 Å². The van der Waals surface area contributed by atoms with Crippen molar-refractivity contribution in [3.63, 3.8) is 0 Å². The number of aliphatic carboxylic acids is 1. The van der Waals surface area contributed by atoms with Crippen molar-refractivity contribution in [1.82, 2.24) is 5.32 Å². The van der Waals surface area contributed by atoms with Crippen LogP contribution in [0.5, 0.6) is 0 Å². The molecular formula is C13H12ClN3O5. The van der Waals surface area contributed by atoms with Gasteiger partial charge in [-0.25, -0.2) is 9.79 Å². The van der Waals surface area contributed by atoms with Crippen LogP contribution in [0.25, 0.3) is 0 Å². The van der Waals surface area contributed by atoms with Gasteiger partial charge in [0.05, 0.1) is 17.6 Å². The lowest BCUT2D eigenvalue weighted by atomic mass is 9.96. The molecule has 0 radical (unpaired) electrons. The number of aliphatic imine (C=N–C) groups is 1. The molecule has 2 rings (SSSR count). The summed E-state index contributed by atoms with van der Waals surface area (Å²) in [5.74, 6) is -1.20. The summed E-state index contributed by atoms with van der Waals surface area (Å²) < 4.78 is 4.99. The number of nitro groups is 1. The monoisotopic (exact) mass is 325 g/mol. The molecular weight excluding hydrogens is 314 g/mol. The zero-order chi connectivity index (χ0) is 16.4. The molecule has 0 fully saturated rings. The Balaban J connectivity index is 2.64. The number of nitrogens with zero attached hydrogens (tertiary/aromatic N) is 2. The van der Waals surface area contributed by atoms with Crippen LogP contribution in [0.4, 0.5) is 5.69 Å².